The minimum absolute atomic E-state index is 0.0260. The maximum absolute atomic E-state index is 12.4. The van der Waals surface area contributed by atoms with Gasteiger partial charge in [0.2, 0.25) is 11.8 Å². The number of hydrogen-bond acceptors (Lipinski definition) is 4. The Morgan fingerprint density at radius 1 is 1.28 bits per heavy atom. The van der Waals surface area contributed by atoms with Crippen LogP contribution in [0.1, 0.15) is 34.6 Å². The van der Waals surface area contributed by atoms with E-state index in [2.05, 4.69) is 10.5 Å². The summed E-state index contributed by atoms with van der Waals surface area (Å²) in [6.45, 7) is 7.09. The van der Waals surface area contributed by atoms with Crippen LogP contribution in [0, 0.1) is 26.7 Å². The third-order valence-corrected chi connectivity index (χ3v) is 4.70. The van der Waals surface area contributed by atoms with Crippen LogP contribution in [-0.2, 0) is 22.7 Å². The number of benzene rings is 1. The highest BCUT2D eigenvalue weighted by Crippen LogP contribution is 2.21. The van der Waals surface area contributed by atoms with E-state index in [0.29, 0.717) is 25.4 Å². The number of carbonyl (C=O) groups excluding carboxylic acids is 2. The SMILES string of the molecule is Cc1ccc(CN2C[C@@H](C(=O)NCc3c(C)noc3C)CC2=O)cc1. The highest BCUT2D eigenvalue weighted by Gasteiger charge is 2.34. The third kappa shape index (κ3) is 3.90. The molecule has 0 bridgehead atoms. The zero-order valence-corrected chi connectivity index (χ0v) is 14.8. The number of carbonyl (C=O) groups is 2. The minimum atomic E-state index is -0.307. The molecule has 25 heavy (non-hydrogen) atoms. The fourth-order valence-corrected chi connectivity index (χ4v) is 3.09. The lowest BCUT2D eigenvalue weighted by Gasteiger charge is -2.17. The predicted molar refractivity (Wildman–Crippen MR) is 92.5 cm³/mol. The van der Waals surface area contributed by atoms with Gasteiger partial charge in [0.25, 0.3) is 0 Å². The van der Waals surface area contributed by atoms with Crippen LogP contribution in [0.4, 0.5) is 0 Å². The molecule has 1 atom stereocenters. The molecule has 1 N–H and O–H groups in total. The molecule has 1 aliphatic heterocycles. The molecule has 1 fully saturated rings. The maximum atomic E-state index is 12.4. The molecule has 1 aromatic heterocycles. The smallest absolute Gasteiger partial charge is 0.225 e. The lowest BCUT2D eigenvalue weighted by atomic mass is 10.1. The number of nitrogens with one attached hydrogen (secondary N) is 1. The molecule has 0 spiro atoms. The lowest BCUT2D eigenvalue weighted by molar-refractivity contribution is -0.129. The number of aromatic nitrogens is 1. The first-order valence-electron chi connectivity index (χ1n) is 8.47. The van der Waals surface area contributed by atoms with Crippen molar-refractivity contribution in [3.63, 3.8) is 0 Å². The van der Waals surface area contributed by atoms with Crippen LogP contribution in [-0.4, -0.2) is 28.4 Å². The Morgan fingerprint density at radius 2 is 2.00 bits per heavy atom. The van der Waals surface area contributed by atoms with Crippen LogP contribution < -0.4 is 5.32 Å². The van der Waals surface area contributed by atoms with Gasteiger partial charge in [0.15, 0.2) is 0 Å². The van der Waals surface area contributed by atoms with Crippen LogP contribution in [0.2, 0.25) is 0 Å². The molecular formula is C19H23N3O3. The van der Waals surface area contributed by atoms with Crippen LogP contribution >= 0.6 is 0 Å². The summed E-state index contributed by atoms with van der Waals surface area (Å²) in [7, 11) is 0. The van der Waals surface area contributed by atoms with Gasteiger partial charge in [0.1, 0.15) is 5.76 Å². The molecule has 0 unspecified atom stereocenters. The van der Waals surface area contributed by atoms with Crippen LogP contribution in [0.25, 0.3) is 0 Å². The third-order valence-electron chi connectivity index (χ3n) is 4.70. The van der Waals surface area contributed by atoms with Gasteiger partial charge in [0, 0.05) is 31.6 Å². The average molecular weight is 341 g/mol. The summed E-state index contributed by atoms with van der Waals surface area (Å²) in [5, 5.41) is 6.78. The van der Waals surface area contributed by atoms with E-state index in [-0.39, 0.29) is 24.2 Å². The van der Waals surface area contributed by atoms with Gasteiger partial charge in [-0.15, -0.1) is 0 Å². The van der Waals surface area contributed by atoms with Crippen molar-refractivity contribution in [2.45, 2.75) is 40.3 Å². The number of hydrogen-bond donors (Lipinski definition) is 1. The van der Waals surface area contributed by atoms with Crippen molar-refractivity contribution >= 4 is 11.8 Å². The largest absolute Gasteiger partial charge is 0.361 e. The summed E-state index contributed by atoms with van der Waals surface area (Å²) in [5.41, 5.74) is 3.94. The van der Waals surface area contributed by atoms with E-state index in [1.807, 2.05) is 45.0 Å². The van der Waals surface area contributed by atoms with Gasteiger partial charge >= 0.3 is 0 Å². The van der Waals surface area contributed by atoms with E-state index in [1.54, 1.807) is 4.90 Å². The molecule has 2 aromatic rings. The second kappa shape index (κ2) is 7.09. The summed E-state index contributed by atoms with van der Waals surface area (Å²) in [6, 6.07) is 8.11. The number of amides is 2. The first kappa shape index (κ1) is 17.2. The Balaban J connectivity index is 1.56. The molecule has 1 saturated heterocycles. The van der Waals surface area contributed by atoms with Gasteiger partial charge in [-0.1, -0.05) is 35.0 Å². The van der Waals surface area contributed by atoms with Crippen molar-refractivity contribution in [2.24, 2.45) is 5.92 Å². The summed E-state index contributed by atoms with van der Waals surface area (Å²) < 4.78 is 5.10. The molecule has 2 amide bonds. The molecule has 0 radical (unpaired) electrons. The average Bonchev–Trinajstić information content (AvgIpc) is 3.11. The van der Waals surface area contributed by atoms with Crippen LogP contribution in [0.5, 0.6) is 0 Å². The van der Waals surface area contributed by atoms with Gasteiger partial charge in [-0.05, 0) is 26.3 Å². The fourth-order valence-electron chi connectivity index (χ4n) is 3.09. The van der Waals surface area contributed by atoms with E-state index in [1.165, 1.54) is 5.56 Å². The van der Waals surface area contributed by atoms with Gasteiger partial charge in [0.05, 0.1) is 11.6 Å². The number of nitrogens with zero attached hydrogens (tertiary/aromatic N) is 2. The fraction of sp³-hybridized carbons (Fsp3) is 0.421. The van der Waals surface area contributed by atoms with E-state index in [4.69, 9.17) is 4.52 Å². The van der Waals surface area contributed by atoms with E-state index < -0.39 is 0 Å². The van der Waals surface area contributed by atoms with Gasteiger partial charge in [-0.25, -0.2) is 0 Å². The molecule has 1 aromatic carbocycles. The summed E-state index contributed by atoms with van der Waals surface area (Å²) in [5.74, 6) is 0.331. The van der Waals surface area contributed by atoms with E-state index >= 15 is 0 Å². The quantitative estimate of drug-likeness (QED) is 0.905. The Kier molecular flexibility index (Phi) is 4.88. The van der Waals surface area contributed by atoms with E-state index in [0.717, 1.165) is 16.8 Å². The van der Waals surface area contributed by atoms with Crippen molar-refractivity contribution in [3.8, 4) is 0 Å². The van der Waals surface area contributed by atoms with Crippen molar-refractivity contribution < 1.29 is 14.1 Å². The molecular weight excluding hydrogens is 318 g/mol. The molecule has 6 nitrogen and oxygen atoms in total. The minimum Gasteiger partial charge on any atom is -0.361 e. The zero-order chi connectivity index (χ0) is 18.0. The number of rotatable bonds is 5. The zero-order valence-electron chi connectivity index (χ0n) is 14.8. The first-order chi connectivity index (χ1) is 11.9. The van der Waals surface area contributed by atoms with Crippen molar-refractivity contribution in [1.29, 1.82) is 0 Å². The highest BCUT2D eigenvalue weighted by atomic mass is 16.5. The topological polar surface area (TPSA) is 75.4 Å². The molecule has 0 saturated carbocycles. The standard InChI is InChI=1S/C19H23N3O3/c1-12-4-6-15(7-5-12)10-22-11-16(8-18(22)23)19(24)20-9-17-13(2)21-25-14(17)3/h4-7,16H,8-11H2,1-3H3,(H,20,24)/t16-/m0/s1. The molecule has 132 valence electrons. The summed E-state index contributed by atoms with van der Waals surface area (Å²) in [6.07, 6.45) is 0.263. The number of likely N-dealkylation sites (tertiary alicyclic amines) is 1. The van der Waals surface area contributed by atoms with Crippen LogP contribution in [0.15, 0.2) is 28.8 Å². The Hall–Kier alpha value is -2.63. The van der Waals surface area contributed by atoms with Crippen molar-refractivity contribution in [2.75, 3.05) is 6.54 Å². The van der Waals surface area contributed by atoms with Gasteiger partial charge in [-0.2, -0.15) is 0 Å². The van der Waals surface area contributed by atoms with Crippen LogP contribution in [0.3, 0.4) is 0 Å². The lowest BCUT2D eigenvalue weighted by Crippen LogP contribution is -2.32. The van der Waals surface area contributed by atoms with Gasteiger partial charge in [-0.3, -0.25) is 9.59 Å². The molecule has 1 aliphatic rings. The Morgan fingerprint density at radius 3 is 2.64 bits per heavy atom. The summed E-state index contributed by atoms with van der Waals surface area (Å²) in [4.78, 5) is 26.4. The monoisotopic (exact) mass is 341 g/mol. The van der Waals surface area contributed by atoms with Crippen molar-refractivity contribution in [3.05, 3.63) is 52.4 Å². The summed E-state index contributed by atoms with van der Waals surface area (Å²) >= 11 is 0. The first-order valence-corrected chi connectivity index (χ1v) is 8.47. The molecule has 6 heteroatoms. The maximum Gasteiger partial charge on any atom is 0.225 e. The van der Waals surface area contributed by atoms with Crippen molar-refractivity contribution in [1.82, 2.24) is 15.4 Å². The Bertz CT molecular complexity index is 760. The molecule has 0 aliphatic carbocycles. The number of aryl methyl sites for hydroxylation is 3. The second-order valence-corrected chi connectivity index (χ2v) is 6.68. The second-order valence-electron chi connectivity index (χ2n) is 6.68. The Labute approximate surface area is 147 Å². The molecule has 3 rings (SSSR count). The molecule has 2 heterocycles. The van der Waals surface area contributed by atoms with E-state index in [9.17, 15) is 9.59 Å². The predicted octanol–water partition coefficient (Wildman–Crippen LogP) is 2.26. The van der Waals surface area contributed by atoms with Gasteiger partial charge < -0.3 is 14.7 Å². The normalized spacial score (nSPS) is 17.2. The highest BCUT2D eigenvalue weighted by molar-refractivity contribution is 5.89.